The van der Waals surface area contributed by atoms with Gasteiger partial charge in [-0.1, -0.05) is 5.21 Å². The third-order valence-electron chi connectivity index (χ3n) is 3.30. The monoisotopic (exact) mass is 380 g/mol. The zero-order valence-corrected chi connectivity index (χ0v) is 14.2. The van der Waals surface area contributed by atoms with Crippen LogP contribution in [0.15, 0.2) is 9.63 Å². The third-order valence-corrected chi connectivity index (χ3v) is 6.09. The van der Waals surface area contributed by atoms with Gasteiger partial charge in [0.15, 0.2) is 4.60 Å². The Kier molecular flexibility index (Phi) is 4.96. The molecule has 1 N–H and O–H groups in total. The number of nitrogens with one attached hydrogen (secondary N) is 1. The van der Waals surface area contributed by atoms with E-state index >= 15 is 0 Å². The van der Waals surface area contributed by atoms with E-state index < -0.39 is 10.0 Å². The lowest BCUT2D eigenvalue weighted by Crippen LogP contribution is -2.51. The summed E-state index contributed by atoms with van der Waals surface area (Å²) in [5.74, 6) is -0.0788. The number of amides is 1. The number of aryl methyl sites for hydroxylation is 1. The molecule has 2 rings (SSSR count). The molecule has 1 aliphatic rings. The van der Waals surface area contributed by atoms with Gasteiger partial charge in [-0.05, 0) is 15.9 Å². The zero-order valence-electron chi connectivity index (χ0n) is 11.8. The highest BCUT2D eigenvalue weighted by atomic mass is 79.9. The molecule has 11 heteroatoms. The maximum Gasteiger partial charge on any atom is 0.263 e. The molecule has 0 aromatic carbocycles. The van der Waals surface area contributed by atoms with Crippen molar-refractivity contribution in [2.24, 2.45) is 7.05 Å². The standard InChI is InChI=1S/C10H17BrN6O3S/c1-12-8(18)7-16-3-5-17(6-4-16)21(19,20)10-9(11)13-14-15(10)2/h3-7H2,1-2H3,(H,12,18). The predicted octanol–water partition coefficient (Wildman–Crippen LogP) is -1.37. The Morgan fingerprint density at radius 2 is 1.95 bits per heavy atom. The topological polar surface area (TPSA) is 100 Å². The van der Waals surface area contributed by atoms with Crippen LogP contribution >= 0.6 is 15.9 Å². The number of hydrogen-bond acceptors (Lipinski definition) is 6. The summed E-state index contributed by atoms with van der Waals surface area (Å²) >= 11 is 3.11. The van der Waals surface area contributed by atoms with E-state index in [1.807, 2.05) is 4.90 Å². The van der Waals surface area contributed by atoms with Gasteiger partial charge in [0, 0.05) is 40.3 Å². The molecule has 0 atom stereocenters. The summed E-state index contributed by atoms with van der Waals surface area (Å²) in [7, 11) is -0.527. The molecule has 118 valence electrons. The molecule has 1 fully saturated rings. The summed E-state index contributed by atoms with van der Waals surface area (Å²) in [5.41, 5.74) is 0. The van der Waals surface area contributed by atoms with Crippen LogP contribution in [0.4, 0.5) is 0 Å². The van der Waals surface area contributed by atoms with Crippen molar-refractivity contribution >= 4 is 31.9 Å². The maximum atomic E-state index is 12.6. The van der Waals surface area contributed by atoms with Crippen LogP contribution in [-0.2, 0) is 21.9 Å². The van der Waals surface area contributed by atoms with Crippen LogP contribution in [-0.4, -0.2) is 78.3 Å². The van der Waals surface area contributed by atoms with E-state index in [0.717, 1.165) is 0 Å². The van der Waals surface area contributed by atoms with E-state index in [9.17, 15) is 13.2 Å². The molecule has 0 radical (unpaired) electrons. The SMILES string of the molecule is CNC(=O)CN1CCN(S(=O)(=O)c2c(Br)nnn2C)CC1. The number of carbonyl (C=O) groups is 1. The molecule has 21 heavy (non-hydrogen) atoms. The number of carbonyl (C=O) groups excluding carboxylic acids is 1. The summed E-state index contributed by atoms with van der Waals surface area (Å²) in [6.45, 7) is 1.96. The van der Waals surface area contributed by atoms with Crippen molar-refractivity contribution in [3.05, 3.63) is 4.60 Å². The molecular weight excluding hydrogens is 364 g/mol. The fraction of sp³-hybridized carbons (Fsp3) is 0.700. The Morgan fingerprint density at radius 1 is 1.33 bits per heavy atom. The molecule has 1 aromatic rings. The van der Waals surface area contributed by atoms with Crippen molar-refractivity contribution in [2.45, 2.75) is 5.03 Å². The van der Waals surface area contributed by atoms with E-state index in [0.29, 0.717) is 26.2 Å². The molecule has 0 bridgehead atoms. The summed E-state index contributed by atoms with van der Waals surface area (Å²) in [6.07, 6.45) is 0. The van der Waals surface area contributed by atoms with Gasteiger partial charge in [-0.3, -0.25) is 9.69 Å². The highest BCUT2D eigenvalue weighted by Gasteiger charge is 2.33. The van der Waals surface area contributed by atoms with Crippen molar-refractivity contribution in [2.75, 3.05) is 39.8 Å². The Labute approximate surface area is 131 Å². The van der Waals surface area contributed by atoms with Crippen molar-refractivity contribution in [1.82, 2.24) is 29.5 Å². The average Bonchev–Trinajstić information content (AvgIpc) is 2.79. The van der Waals surface area contributed by atoms with Crippen LogP contribution in [0.3, 0.4) is 0 Å². The number of hydrogen-bond donors (Lipinski definition) is 1. The fourth-order valence-electron chi connectivity index (χ4n) is 2.13. The third kappa shape index (κ3) is 3.42. The largest absolute Gasteiger partial charge is 0.358 e. The van der Waals surface area contributed by atoms with Gasteiger partial charge in [0.25, 0.3) is 10.0 Å². The molecule has 0 spiro atoms. The molecule has 2 heterocycles. The number of piperazine rings is 1. The number of likely N-dealkylation sites (N-methyl/N-ethyl adjacent to an activating group) is 1. The minimum absolute atomic E-state index is 0.0438. The van der Waals surface area contributed by atoms with E-state index in [1.165, 1.54) is 16.0 Å². The maximum absolute atomic E-state index is 12.6. The van der Waals surface area contributed by atoms with Crippen LogP contribution in [0, 0.1) is 0 Å². The first-order valence-electron chi connectivity index (χ1n) is 6.34. The summed E-state index contributed by atoms with van der Waals surface area (Å²) in [5, 5.41) is 9.99. The molecule has 1 saturated heterocycles. The van der Waals surface area contributed by atoms with Gasteiger partial charge in [0.05, 0.1) is 6.54 Å². The normalized spacial score (nSPS) is 17.9. The highest BCUT2D eigenvalue weighted by molar-refractivity contribution is 9.10. The van der Waals surface area contributed by atoms with Crippen LogP contribution in [0.1, 0.15) is 0 Å². The number of rotatable bonds is 4. The highest BCUT2D eigenvalue weighted by Crippen LogP contribution is 2.23. The average molecular weight is 381 g/mol. The molecular formula is C10H17BrN6O3S. The lowest BCUT2D eigenvalue weighted by Gasteiger charge is -2.33. The van der Waals surface area contributed by atoms with E-state index in [1.54, 1.807) is 7.05 Å². The zero-order chi connectivity index (χ0) is 15.6. The minimum Gasteiger partial charge on any atom is -0.358 e. The van der Waals surface area contributed by atoms with Gasteiger partial charge in [0.2, 0.25) is 10.9 Å². The molecule has 1 aliphatic heterocycles. The number of nitrogens with zero attached hydrogens (tertiary/aromatic N) is 5. The lowest BCUT2D eigenvalue weighted by molar-refractivity contribution is -0.122. The van der Waals surface area contributed by atoms with Crippen LogP contribution in [0.5, 0.6) is 0 Å². The van der Waals surface area contributed by atoms with Gasteiger partial charge in [-0.25, -0.2) is 13.1 Å². The number of aromatic nitrogens is 3. The Balaban J connectivity index is 2.07. The van der Waals surface area contributed by atoms with Gasteiger partial charge >= 0.3 is 0 Å². The van der Waals surface area contributed by atoms with Crippen molar-refractivity contribution < 1.29 is 13.2 Å². The van der Waals surface area contributed by atoms with E-state index in [-0.39, 0.29) is 22.1 Å². The molecule has 0 unspecified atom stereocenters. The lowest BCUT2D eigenvalue weighted by atomic mass is 10.3. The van der Waals surface area contributed by atoms with Gasteiger partial charge in [-0.2, -0.15) is 4.31 Å². The van der Waals surface area contributed by atoms with Crippen molar-refractivity contribution in [3.8, 4) is 0 Å². The first-order chi connectivity index (χ1) is 9.86. The van der Waals surface area contributed by atoms with E-state index in [2.05, 4.69) is 31.6 Å². The second kappa shape index (κ2) is 6.38. The molecule has 1 aromatic heterocycles. The van der Waals surface area contributed by atoms with Crippen molar-refractivity contribution in [3.63, 3.8) is 0 Å². The first kappa shape index (κ1) is 16.3. The van der Waals surface area contributed by atoms with Gasteiger partial charge < -0.3 is 5.32 Å². The fourth-order valence-corrected chi connectivity index (χ4v) is 4.58. The predicted molar refractivity (Wildman–Crippen MR) is 78.0 cm³/mol. The van der Waals surface area contributed by atoms with Crippen molar-refractivity contribution in [1.29, 1.82) is 0 Å². The molecule has 9 nitrogen and oxygen atoms in total. The summed E-state index contributed by atoms with van der Waals surface area (Å²) < 4.78 is 28.0. The Hall–Kier alpha value is -1.04. The molecule has 1 amide bonds. The van der Waals surface area contributed by atoms with Crippen LogP contribution in [0.2, 0.25) is 0 Å². The van der Waals surface area contributed by atoms with Gasteiger partial charge in [0.1, 0.15) is 0 Å². The Bertz CT molecular complexity index is 603. The molecule has 0 saturated carbocycles. The molecule has 0 aliphatic carbocycles. The van der Waals surface area contributed by atoms with Gasteiger partial charge in [-0.15, -0.1) is 5.10 Å². The summed E-state index contributed by atoms with van der Waals surface area (Å²) in [4.78, 5) is 13.2. The number of sulfonamides is 1. The number of halogens is 1. The summed E-state index contributed by atoms with van der Waals surface area (Å²) in [6, 6.07) is 0. The first-order valence-corrected chi connectivity index (χ1v) is 8.58. The van der Waals surface area contributed by atoms with Crippen LogP contribution < -0.4 is 5.32 Å². The smallest absolute Gasteiger partial charge is 0.263 e. The van der Waals surface area contributed by atoms with E-state index in [4.69, 9.17) is 0 Å². The van der Waals surface area contributed by atoms with Crippen LogP contribution in [0.25, 0.3) is 0 Å². The minimum atomic E-state index is -3.64. The second-order valence-electron chi connectivity index (χ2n) is 4.66. The quantitative estimate of drug-likeness (QED) is 0.691. The second-order valence-corrected chi connectivity index (χ2v) is 7.27. The Morgan fingerprint density at radius 3 is 2.43 bits per heavy atom.